The summed E-state index contributed by atoms with van der Waals surface area (Å²) in [5.41, 5.74) is 3.24. The van der Waals surface area contributed by atoms with Gasteiger partial charge in [-0.15, -0.1) is 0 Å². The molecule has 2 aromatic rings. The van der Waals surface area contributed by atoms with Crippen LogP contribution in [0.5, 0.6) is 0 Å². The van der Waals surface area contributed by atoms with Crippen molar-refractivity contribution in [3.63, 3.8) is 0 Å². The maximum absolute atomic E-state index is 10.9. The van der Waals surface area contributed by atoms with Crippen LogP contribution in [0.3, 0.4) is 0 Å². The Hall–Kier alpha value is -1.13. The van der Waals surface area contributed by atoms with E-state index in [1.54, 1.807) is 4.68 Å². The average Bonchev–Trinajstić information content (AvgIpc) is 2.58. The predicted molar refractivity (Wildman–Crippen MR) is 75.3 cm³/mol. The number of rotatable bonds is 3. The summed E-state index contributed by atoms with van der Waals surface area (Å²) >= 11 is 9.54. The zero-order chi connectivity index (χ0) is 13.3. The van der Waals surface area contributed by atoms with E-state index < -0.39 is 0 Å². The quantitative estimate of drug-likeness (QED) is 0.804. The molecule has 2 rings (SSSR count). The molecule has 3 nitrogen and oxygen atoms in total. The van der Waals surface area contributed by atoms with Gasteiger partial charge in [-0.1, -0.05) is 33.6 Å². The van der Waals surface area contributed by atoms with E-state index in [1.165, 1.54) is 0 Å². The van der Waals surface area contributed by atoms with Gasteiger partial charge in [0.1, 0.15) is 0 Å². The third-order valence-corrected chi connectivity index (χ3v) is 3.74. The number of carbonyl (C=O) groups is 1. The second kappa shape index (κ2) is 5.24. The van der Waals surface area contributed by atoms with Gasteiger partial charge in [-0.05, 0) is 31.5 Å². The Morgan fingerprint density at radius 1 is 1.44 bits per heavy atom. The first-order chi connectivity index (χ1) is 8.52. The molecule has 18 heavy (non-hydrogen) atoms. The van der Waals surface area contributed by atoms with Crippen LogP contribution in [0, 0.1) is 13.8 Å². The fourth-order valence-electron chi connectivity index (χ4n) is 1.85. The molecule has 1 aromatic heterocycles. The first-order valence-electron chi connectivity index (χ1n) is 5.46. The highest BCUT2D eigenvalue weighted by atomic mass is 79.9. The summed E-state index contributed by atoms with van der Waals surface area (Å²) < 4.78 is 2.74. The minimum absolute atomic E-state index is 0.562. The lowest BCUT2D eigenvalue weighted by molar-refractivity contribution is 0.112. The van der Waals surface area contributed by atoms with Crippen molar-refractivity contribution < 1.29 is 4.79 Å². The summed E-state index contributed by atoms with van der Waals surface area (Å²) in [4.78, 5) is 10.9. The molecule has 0 atom stereocenters. The highest BCUT2D eigenvalue weighted by molar-refractivity contribution is 9.10. The number of aryl methyl sites for hydroxylation is 1. The molecule has 0 aliphatic heterocycles. The van der Waals surface area contributed by atoms with Crippen LogP contribution in [0.15, 0.2) is 22.7 Å². The number of nitrogens with zero attached hydrogens (tertiary/aromatic N) is 2. The first kappa shape index (κ1) is 13.3. The number of halogens is 2. The van der Waals surface area contributed by atoms with Crippen LogP contribution in [0.2, 0.25) is 5.02 Å². The average molecular weight is 328 g/mol. The summed E-state index contributed by atoms with van der Waals surface area (Å²) in [7, 11) is 0. The van der Waals surface area contributed by atoms with Crippen molar-refractivity contribution >= 4 is 33.8 Å². The smallest absolute Gasteiger partial charge is 0.153 e. The topological polar surface area (TPSA) is 34.9 Å². The minimum Gasteiger partial charge on any atom is -0.298 e. The Morgan fingerprint density at radius 2 is 2.17 bits per heavy atom. The molecule has 0 N–H and O–H groups in total. The van der Waals surface area contributed by atoms with Crippen LogP contribution in [-0.4, -0.2) is 16.1 Å². The molecule has 5 heteroatoms. The van der Waals surface area contributed by atoms with Gasteiger partial charge in [-0.2, -0.15) is 5.10 Å². The molecule has 0 aliphatic rings. The van der Waals surface area contributed by atoms with Crippen molar-refractivity contribution in [2.24, 2.45) is 0 Å². The SMILES string of the molecule is Cc1nn(Cc2ccc(Br)cc2Cl)c(C)c1C=O. The number of aromatic nitrogens is 2. The number of carbonyl (C=O) groups excluding carboxylic acids is 1. The zero-order valence-electron chi connectivity index (χ0n) is 10.1. The van der Waals surface area contributed by atoms with E-state index in [0.717, 1.165) is 27.7 Å². The van der Waals surface area contributed by atoms with Gasteiger partial charge in [0, 0.05) is 15.2 Å². The van der Waals surface area contributed by atoms with Gasteiger partial charge < -0.3 is 0 Å². The minimum atomic E-state index is 0.562. The van der Waals surface area contributed by atoms with Gasteiger partial charge in [0.2, 0.25) is 0 Å². The first-order valence-corrected chi connectivity index (χ1v) is 6.63. The van der Waals surface area contributed by atoms with Gasteiger partial charge in [0.25, 0.3) is 0 Å². The Labute approximate surface area is 119 Å². The number of aldehydes is 1. The van der Waals surface area contributed by atoms with Crippen LogP contribution in [0.1, 0.15) is 27.3 Å². The molecule has 94 valence electrons. The largest absolute Gasteiger partial charge is 0.298 e. The molecule has 1 heterocycles. The van der Waals surface area contributed by atoms with Crippen LogP contribution < -0.4 is 0 Å². The van der Waals surface area contributed by atoms with Crippen molar-refractivity contribution in [1.82, 2.24) is 9.78 Å². The third-order valence-electron chi connectivity index (χ3n) is 2.89. The number of hydrogen-bond donors (Lipinski definition) is 0. The Morgan fingerprint density at radius 3 is 2.72 bits per heavy atom. The van der Waals surface area contributed by atoms with Crippen molar-refractivity contribution in [1.29, 1.82) is 0 Å². The van der Waals surface area contributed by atoms with Crippen molar-refractivity contribution in [2.75, 3.05) is 0 Å². The van der Waals surface area contributed by atoms with Gasteiger partial charge in [0.05, 0.1) is 17.8 Å². The highest BCUT2D eigenvalue weighted by Gasteiger charge is 2.11. The second-order valence-corrected chi connectivity index (χ2v) is 5.42. The fourth-order valence-corrected chi connectivity index (χ4v) is 2.58. The Kier molecular flexibility index (Phi) is 3.88. The summed E-state index contributed by atoms with van der Waals surface area (Å²) in [5.74, 6) is 0. The number of hydrogen-bond acceptors (Lipinski definition) is 2. The molecule has 0 unspecified atom stereocenters. The van der Waals surface area contributed by atoms with E-state index in [1.807, 2.05) is 32.0 Å². The molecule has 1 aromatic carbocycles. The molecule has 0 spiro atoms. The normalized spacial score (nSPS) is 10.7. The molecular weight excluding hydrogens is 316 g/mol. The summed E-state index contributed by atoms with van der Waals surface area (Å²) in [6.07, 6.45) is 0.845. The van der Waals surface area contributed by atoms with Gasteiger partial charge in [-0.25, -0.2) is 0 Å². The van der Waals surface area contributed by atoms with E-state index in [-0.39, 0.29) is 0 Å². The lowest BCUT2D eigenvalue weighted by Gasteiger charge is -2.07. The second-order valence-electron chi connectivity index (χ2n) is 4.10. The lowest BCUT2D eigenvalue weighted by atomic mass is 10.2. The van der Waals surface area contributed by atoms with Crippen LogP contribution in [-0.2, 0) is 6.54 Å². The maximum Gasteiger partial charge on any atom is 0.153 e. The van der Waals surface area contributed by atoms with E-state index in [4.69, 9.17) is 11.6 Å². The number of benzene rings is 1. The van der Waals surface area contributed by atoms with Gasteiger partial charge in [-0.3, -0.25) is 9.48 Å². The van der Waals surface area contributed by atoms with Crippen molar-refractivity contribution in [3.8, 4) is 0 Å². The third kappa shape index (κ3) is 2.49. The standard InChI is InChI=1S/C13H12BrClN2O/c1-8-12(7-18)9(2)17(16-8)6-10-3-4-11(14)5-13(10)15/h3-5,7H,6H2,1-2H3. The predicted octanol–water partition coefficient (Wildman–Crippen LogP) is 3.78. The molecule has 0 fully saturated rings. The molecule has 0 aliphatic carbocycles. The van der Waals surface area contributed by atoms with Crippen LogP contribution in [0.4, 0.5) is 0 Å². The Balaban J connectivity index is 2.37. The fraction of sp³-hybridized carbons (Fsp3) is 0.231. The van der Waals surface area contributed by atoms with Crippen molar-refractivity contribution in [3.05, 3.63) is 50.2 Å². The monoisotopic (exact) mass is 326 g/mol. The maximum atomic E-state index is 10.9. The summed E-state index contributed by atoms with van der Waals surface area (Å²) in [6.45, 7) is 4.28. The molecule has 0 saturated heterocycles. The molecular formula is C13H12BrClN2O. The Bertz CT molecular complexity index is 607. The van der Waals surface area contributed by atoms with Crippen molar-refractivity contribution in [2.45, 2.75) is 20.4 Å². The summed E-state index contributed by atoms with van der Waals surface area (Å²) in [5, 5.41) is 5.04. The van der Waals surface area contributed by atoms with Gasteiger partial charge in [0.15, 0.2) is 6.29 Å². The highest BCUT2D eigenvalue weighted by Crippen LogP contribution is 2.23. The van der Waals surface area contributed by atoms with Crippen LogP contribution in [0.25, 0.3) is 0 Å². The summed E-state index contributed by atoms with van der Waals surface area (Å²) in [6, 6.07) is 5.74. The zero-order valence-corrected chi connectivity index (χ0v) is 12.4. The molecule has 0 saturated carbocycles. The molecule has 0 amide bonds. The van der Waals surface area contributed by atoms with E-state index >= 15 is 0 Å². The van der Waals surface area contributed by atoms with Crippen LogP contribution >= 0.6 is 27.5 Å². The van der Waals surface area contributed by atoms with E-state index in [0.29, 0.717) is 17.1 Å². The van der Waals surface area contributed by atoms with Gasteiger partial charge >= 0.3 is 0 Å². The molecule has 0 radical (unpaired) electrons. The lowest BCUT2D eigenvalue weighted by Crippen LogP contribution is -2.04. The van der Waals surface area contributed by atoms with E-state index in [9.17, 15) is 4.79 Å². The van der Waals surface area contributed by atoms with E-state index in [2.05, 4.69) is 21.0 Å². The molecule has 0 bridgehead atoms.